The molecule has 0 aliphatic heterocycles. The van der Waals surface area contributed by atoms with Crippen molar-refractivity contribution in [2.75, 3.05) is 19.6 Å². The van der Waals surface area contributed by atoms with Gasteiger partial charge in [0.25, 0.3) is 6.10 Å². The molecule has 0 aliphatic rings. The molecular formula is C8H14F6N2O2. The van der Waals surface area contributed by atoms with Gasteiger partial charge in [0.05, 0.1) is 0 Å². The van der Waals surface area contributed by atoms with Gasteiger partial charge in [0.2, 0.25) is 6.41 Å². The first-order chi connectivity index (χ1) is 8.04. The van der Waals surface area contributed by atoms with E-state index in [2.05, 4.69) is 4.74 Å². The van der Waals surface area contributed by atoms with E-state index in [0.717, 1.165) is 4.90 Å². The molecule has 0 aromatic heterocycles. The molecule has 0 unspecified atom stereocenters. The van der Waals surface area contributed by atoms with Crippen molar-refractivity contribution in [3.63, 3.8) is 0 Å². The number of nitrogens with zero attached hydrogens (tertiary/aromatic N) is 1. The molecule has 0 saturated carbocycles. The Bertz CT molecular complexity index is 231. The number of nitrogens with two attached hydrogens (primary N) is 1. The van der Waals surface area contributed by atoms with Crippen LogP contribution in [-0.4, -0.2) is 54.5 Å². The molecule has 0 heterocycles. The Kier molecular flexibility index (Phi) is 6.34. The van der Waals surface area contributed by atoms with E-state index in [4.69, 9.17) is 5.73 Å². The van der Waals surface area contributed by atoms with E-state index in [1.54, 1.807) is 0 Å². The minimum absolute atomic E-state index is 0.0131. The Hall–Kier alpha value is -0.580. The van der Waals surface area contributed by atoms with Crippen LogP contribution in [-0.2, 0) is 4.74 Å². The molecule has 0 fully saturated rings. The van der Waals surface area contributed by atoms with Crippen molar-refractivity contribution in [3.8, 4) is 0 Å². The van der Waals surface area contributed by atoms with Gasteiger partial charge in [-0.05, 0) is 0 Å². The largest absolute Gasteiger partial charge is 0.423 e. The average molecular weight is 284 g/mol. The van der Waals surface area contributed by atoms with Crippen molar-refractivity contribution in [1.82, 2.24) is 4.90 Å². The maximum absolute atomic E-state index is 12.1. The first-order valence-corrected chi connectivity index (χ1v) is 4.95. The standard InChI is InChI=1S/C8H14F6N2O2/c1-2-16(4-3-15)6(17)18-5(7(9,10)11)8(12,13)14/h5-6,17H,2-4,15H2,1H3/t6-/m1/s1. The van der Waals surface area contributed by atoms with Crippen molar-refractivity contribution >= 4 is 0 Å². The van der Waals surface area contributed by atoms with Gasteiger partial charge in [-0.15, -0.1) is 0 Å². The minimum Gasteiger partial charge on any atom is -0.356 e. The quantitative estimate of drug-likeness (QED) is 0.565. The van der Waals surface area contributed by atoms with Crippen molar-refractivity contribution in [2.45, 2.75) is 31.8 Å². The second-order valence-corrected chi connectivity index (χ2v) is 3.34. The Balaban J connectivity index is 4.78. The number of aliphatic hydroxyl groups is 1. The zero-order chi connectivity index (χ0) is 14.6. The summed E-state index contributed by atoms with van der Waals surface area (Å²) >= 11 is 0. The predicted octanol–water partition coefficient (Wildman–Crippen LogP) is 1.05. The first-order valence-electron chi connectivity index (χ1n) is 4.95. The van der Waals surface area contributed by atoms with E-state index in [1.165, 1.54) is 6.92 Å². The Labute approximate surface area is 99.3 Å². The fourth-order valence-corrected chi connectivity index (χ4v) is 1.14. The number of aliphatic hydroxyl groups excluding tert-OH is 1. The number of rotatable bonds is 6. The van der Waals surface area contributed by atoms with Gasteiger partial charge in [-0.1, -0.05) is 6.92 Å². The van der Waals surface area contributed by atoms with Crippen LogP contribution in [0.4, 0.5) is 26.3 Å². The molecule has 4 nitrogen and oxygen atoms in total. The topological polar surface area (TPSA) is 58.7 Å². The number of alkyl halides is 6. The molecule has 0 spiro atoms. The Morgan fingerprint density at radius 1 is 1.17 bits per heavy atom. The highest BCUT2D eigenvalue weighted by atomic mass is 19.4. The van der Waals surface area contributed by atoms with E-state index in [-0.39, 0.29) is 19.6 Å². The van der Waals surface area contributed by atoms with Crippen LogP contribution in [0.15, 0.2) is 0 Å². The van der Waals surface area contributed by atoms with Gasteiger partial charge in [-0.3, -0.25) is 4.90 Å². The molecule has 0 aromatic carbocycles. The average Bonchev–Trinajstić information content (AvgIpc) is 2.18. The van der Waals surface area contributed by atoms with Crippen LogP contribution in [0, 0.1) is 0 Å². The molecule has 1 atom stereocenters. The highest BCUT2D eigenvalue weighted by Gasteiger charge is 2.59. The molecule has 18 heavy (non-hydrogen) atoms. The number of hydrogen-bond donors (Lipinski definition) is 2. The fraction of sp³-hybridized carbons (Fsp3) is 1.00. The van der Waals surface area contributed by atoms with Crippen LogP contribution in [0.1, 0.15) is 6.92 Å². The third kappa shape index (κ3) is 5.38. The summed E-state index contributed by atoms with van der Waals surface area (Å²) in [6, 6.07) is 0. The highest BCUT2D eigenvalue weighted by Crippen LogP contribution is 2.36. The van der Waals surface area contributed by atoms with Crippen molar-refractivity contribution in [1.29, 1.82) is 0 Å². The summed E-state index contributed by atoms with van der Waals surface area (Å²) in [5, 5.41) is 9.19. The fourth-order valence-electron chi connectivity index (χ4n) is 1.14. The summed E-state index contributed by atoms with van der Waals surface area (Å²) < 4.78 is 76.4. The molecule has 110 valence electrons. The summed E-state index contributed by atoms with van der Waals surface area (Å²) in [5.74, 6) is 0. The van der Waals surface area contributed by atoms with Crippen molar-refractivity contribution < 1.29 is 36.2 Å². The van der Waals surface area contributed by atoms with E-state index >= 15 is 0 Å². The van der Waals surface area contributed by atoms with Gasteiger partial charge in [-0.2, -0.15) is 26.3 Å². The lowest BCUT2D eigenvalue weighted by Crippen LogP contribution is -2.51. The van der Waals surface area contributed by atoms with Gasteiger partial charge >= 0.3 is 12.4 Å². The molecule has 0 bridgehead atoms. The zero-order valence-corrected chi connectivity index (χ0v) is 9.42. The molecule has 0 rings (SSSR count). The maximum Gasteiger partial charge on any atom is 0.423 e. The summed E-state index contributed by atoms with van der Waals surface area (Å²) in [6.45, 7) is 1.27. The molecule has 0 radical (unpaired) electrons. The SMILES string of the molecule is CCN(CCN)[C@H](O)OC(C(F)(F)F)C(F)(F)F. The third-order valence-corrected chi connectivity index (χ3v) is 1.99. The van der Waals surface area contributed by atoms with Gasteiger partial charge in [0.15, 0.2) is 0 Å². The number of likely N-dealkylation sites (N-methyl/N-ethyl adjacent to an activating group) is 1. The Morgan fingerprint density at radius 2 is 1.61 bits per heavy atom. The normalized spacial score (nSPS) is 15.5. The van der Waals surface area contributed by atoms with E-state index < -0.39 is 24.9 Å². The first kappa shape index (κ1) is 17.4. The Morgan fingerprint density at radius 3 is 1.89 bits per heavy atom. The summed E-state index contributed by atoms with van der Waals surface area (Å²) in [5.41, 5.74) is 5.09. The summed E-state index contributed by atoms with van der Waals surface area (Å²) in [4.78, 5) is 0.838. The molecular weight excluding hydrogens is 270 g/mol. The number of hydrogen-bond acceptors (Lipinski definition) is 4. The minimum atomic E-state index is -5.65. The smallest absolute Gasteiger partial charge is 0.356 e. The van der Waals surface area contributed by atoms with Crippen molar-refractivity contribution in [2.24, 2.45) is 5.73 Å². The van der Waals surface area contributed by atoms with Crippen LogP contribution in [0.5, 0.6) is 0 Å². The number of halogens is 6. The molecule has 10 heteroatoms. The monoisotopic (exact) mass is 284 g/mol. The van der Waals surface area contributed by atoms with Crippen LogP contribution < -0.4 is 5.73 Å². The second kappa shape index (κ2) is 6.55. The summed E-state index contributed by atoms with van der Waals surface area (Å²) in [7, 11) is 0. The van der Waals surface area contributed by atoms with Gasteiger partial charge in [0, 0.05) is 19.6 Å². The number of ether oxygens (including phenoxy) is 1. The summed E-state index contributed by atoms with van der Waals surface area (Å²) in [6.07, 6.45) is -17.7. The third-order valence-electron chi connectivity index (χ3n) is 1.99. The van der Waals surface area contributed by atoms with Gasteiger partial charge < -0.3 is 15.6 Å². The molecule has 3 N–H and O–H groups in total. The lowest BCUT2D eigenvalue weighted by Gasteiger charge is -2.31. The molecule has 0 saturated heterocycles. The van der Waals surface area contributed by atoms with Crippen molar-refractivity contribution in [3.05, 3.63) is 0 Å². The van der Waals surface area contributed by atoms with Crippen LogP contribution >= 0.6 is 0 Å². The molecule has 0 amide bonds. The predicted molar refractivity (Wildman–Crippen MR) is 49.3 cm³/mol. The second-order valence-electron chi connectivity index (χ2n) is 3.34. The van der Waals surface area contributed by atoms with Crippen LogP contribution in [0.3, 0.4) is 0 Å². The zero-order valence-electron chi connectivity index (χ0n) is 9.42. The molecule has 0 aliphatic carbocycles. The van der Waals surface area contributed by atoms with E-state index in [9.17, 15) is 31.4 Å². The van der Waals surface area contributed by atoms with Gasteiger partial charge in [-0.25, -0.2) is 0 Å². The highest BCUT2D eigenvalue weighted by molar-refractivity contribution is 4.76. The lowest BCUT2D eigenvalue weighted by atomic mass is 10.3. The van der Waals surface area contributed by atoms with Crippen LogP contribution in [0.2, 0.25) is 0 Å². The molecule has 0 aromatic rings. The van der Waals surface area contributed by atoms with Gasteiger partial charge in [0.1, 0.15) is 0 Å². The lowest BCUT2D eigenvalue weighted by molar-refractivity contribution is -0.366. The maximum atomic E-state index is 12.1. The van der Waals surface area contributed by atoms with Crippen LogP contribution in [0.25, 0.3) is 0 Å². The van der Waals surface area contributed by atoms with E-state index in [1.807, 2.05) is 0 Å². The van der Waals surface area contributed by atoms with E-state index in [0.29, 0.717) is 0 Å².